The summed E-state index contributed by atoms with van der Waals surface area (Å²) in [5.74, 6) is 0.302. The van der Waals surface area contributed by atoms with Crippen LogP contribution in [0.2, 0.25) is 0 Å². The molecule has 3 nitrogen and oxygen atoms in total. The van der Waals surface area contributed by atoms with E-state index in [1.165, 1.54) is 12.5 Å². The second-order valence-corrected chi connectivity index (χ2v) is 6.68. The minimum atomic E-state index is -0.0646. The summed E-state index contributed by atoms with van der Waals surface area (Å²) < 4.78 is 0. The molecular formula is C18H19NO2S. The molecule has 1 aliphatic rings. The molecule has 1 aliphatic heterocycles. The Kier molecular flexibility index (Phi) is 4.12. The summed E-state index contributed by atoms with van der Waals surface area (Å²) in [4.78, 5) is 26.5. The summed E-state index contributed by atoms with van der Waals surface area (Å²) in [6.45, 7) is 4.32. The molecule has 0 radical (unpaired) electrons. The number of hydrogen-bond donors (Lipinski definition) is 0. The van der Waals surface area contributed by atoms with Crippen molar-refractivity contribution >= 4 is 23.0 Å². The molecule has 0 spiro atoms. The van der Waals surface area contributed by atoms with Crippen molar-refractivity contribution in [1.82, 2.24) is 4.90 Å². The minimum Gasteiger partial charge on any atom is -0.335 e. The van der Waals surface area contributed by atoms with E-state index in [4.69, 9.17) is 0 Å². The maximum atomic E-state index is 12.9. The van der Waals surface area contributed by atoms with E-state index in [1.807, 2.05) is 11.0 Å². The molecular weight excluding hydrogens is 294 g/mol. The number of nitrogens with zero attached hydrogens (tertiary/aromatic N) is 1. The number of Topliss-reactive ketones (excluding diaryl/α,β-unsaturated/α-hetero) is 1. The van der Waals surface area contributed by atoms with Gasteiger partial charge in [0.15, 0.2) is 5.78 Å². The largest absolute Gasteiger partial charge is 0.335 e. The predicted molar refractivity (Wildman–Crippen MR) is 88.6 cm³/mol. The molecule has 0 N–H and O–H groups in total. The first kappa shape index (κ1) is 15.0. The first-order chi connectivity index (χ1) is 10.6. The quantitative estimate of drug-likeness (QED) is 0.804. The third-order valence-electron chi connectivity index (χ3n) is 4.39. The zero-order valence-electron chi connectivity index (χ0n) is 12.8. The average molecular weight is 313 g/mol. The Hall–Kier alpha value is -1.94. The molecule has 22 heavy (non-hydrogen) atoms. The van der Waals surface area contributed by atoms with E-state index < -0.39 is 0 Å². The van der Waals surface area contributed by atoms with Crippen molar-refractivity contribution in [3.05, 3.63) is 57.8 Å². The summed E-state index contributed by atoms with van der Waals surface area (Å²) in [6.07, 6.45) is 0.977. The zero-order valence-corrected chi connectivity index (χ0v) is 13.6. The van der Waals surface area contributed by atoms with Crippen molar-refractivity contribution in [2.45, 2.75) is 32.2 Å². The van der Waals surface area contributed by atoms with Crippen molar-refractivity contribution in [3.63, 3.8) is 0 Å². The second-order valence-electron chi connectivity index (χ2n) is 5.90. The number of hydrogen-bond acceptors (Lipinski definition) is 3. The number of amides is 1. The second kappa shape index (κ2) is 6.05. The van der Waals surface area contributed by atoms with Crippen molar-refractivity contribution in [1.29, 1.82) is 0 Å². The number of benzene rings is 1. The first-order valence-electron chi connectivity index (χ1n) is 7.51. The molecule has 3 rings (SSSR count). The maximum Gasteiger partial charge on any atom is 0.254 e. The lowest BCUT2D eigenvalue weighted by Gasteiger charge is -2.22. The number of thiophene rings is 1. The average Bonchev–Trinajstić information content (AvgIpc) is 3.15. The molecule has 4 heteroatoms. The fraction of sp³-hybridized carbons (Fsp3) is 0.333. The molecule has 1 fully saturated rings. The molecule has 114 valence electrons. The lowest BCUT2D eigenvalue weighted by atomic mass is 10.00. The van der Waals surface area contributed by atoms with Gasteiger partial charge in [-0.3, -0.25) is 9.59 Å². The molecule has 0 bridgehead atoms. The van der Waals surface area contributed by atoms with Gasteiger partial charge in [-0.1, -0.05) is 18.2 Å². The molecule has 2 aromatic rings. The monoisotopic (exact) mass is 313 g/mol. The number of rotatable bonds is 3. The van der Waals surface area contributed by atoms with E-state index in [2.05, 4.69) is 23.8 Å². The van der Waals surface area contributed by atoms with Gasteiger partial charge in [0, 0.05) is 24.1 Å². The molecule has 1 saturated heterocycles. The van der Waals surface area contributed by atoms with Gasteiger partial charge in [0.1, 0.15) is 0 Å². The Balaban J connectivity index is 1.85. The van der Waals surface area contributed by atoms with Gasteiger partial charge in [-0.2, -0.15) is 11.3 Å². The van der Waals surface area contributed by atoms with E-state index in [0.717, 1.165) is 13.0 Å². The van der Waals surface area contributed by atoms with E-state index in [9.17, 15) is 9.59 Å². The number of likely N-dealkylation sites (tertiary alicyclic amines) is 1. The Morgan fingerprint density at radius 1 is 1.18 bits per heavy atom. The summed E-state index contributed by atoms with van der Waals surface area (Å²) in [7, 11) is 0. The Morgan fingerprint density at radius 2 is 1.91 bits per heavy atom. The topological polar surface area (TPSA) is 37.4 Å². The molecule has 0 saturated carbocycles. The summed E-state index contributed by atoms with van der Waals surface area (Å²) in [5.41, 5.74) is 2.35. The highest BCUT2D eigenvalue weighted by Crippen LogP contribution is 2.33. The lowest BCUT2D eigenvalue weighted by molar-refractivity contribution is 0.0741. The number of carbonyl (C=O) groups is 2. The molecule has 1 aromatic carbocycles. The third kappa shape index (κ3) is 2.71. The Labute approximate surface area is 134 Å². The Bertz CT molecular complexity index is 693. The van der Waals surface area contributed by atoms with Gasteiger partial charge in [0.25, 0.3) is 5.91 Å². The van der Waals surface area contributed by atoms with E-state index in [1.54, 1.807) is 29.5 Å². The van der Waals surface area contributed by atoms with Gasteiger partial charge in [-0.15, -0.1) is 0 Å². The summed E-state index contributed by atoms with van der Waals surface area (Å²) >= 11 is 1.69. The van der Waals surface area contributed by atoms with Crippen molar-refractivity contribution in [2.24, 2.45) is 0 Å². The third-order valence-corrected chi connectivity index (χ3v) is 5.09. The Morgan fingerprint density at radius 3 is 2.55 bits per heavy atom. The van der Waals surface area contributed by atoms with Crippen LogP contribution in [-0.2, 0) is 0 Å². The standard InChI is InChI=1S/C18H19NO2S/c1-12-9-15(14-7-8-22-11-14)10-19(12)18(21)17-6-4-3-5-16(17)13(2)20/h3-8,11-12,15H,9-10H2,1-2H3/t12-,15-/m1/s1. The smallest absolute Gasteiger partial charge is 0.254 e. The van der Waals surface area contributed by atoms with Crippen LogP contribution in [0.25, 0.3) is 0 Å². The van der Waals surface area contributed by atoms with Gasteiger partial charge in [0.2, 0.25) is 0 Å². The fourth-order valence-electron chi connectivity index (χ4n) is 3.19. The van der Waals surface area contributed by atoms with Crippen LogP contribution in [0.15, 0.2) is 41.1 Å². The van der Waals surface area contributed by atoms with Crippen LogP contribution in [0.5, 0.6) is 0 Å². The number of ketones is 1. The van der Waals surface area contributed by atoms with Gasteiger partial charge in [-0.25, -0.2) is 0 Å². The number of carbonyl (C=O) groups excluding carboxylic acids is 2. The minimum absolute atomic E-state index is 0.0315. The molecule has 1 amide bonds. The fourth-order valence-corrected chi connectivity index (χ4v) is 3.94. The van der Waals surface area contributed by atoms with Crippen LogP contribution in [0.3, 0.4) is 0 Å². The normalized spacial score (nSPS) is 21.1. The van der Waals surface area contributed by atoms with Crippen LogP contribution in [0, 0.1) is 0 Å². The van der Waals surface area contributed by atoms with E-state index in [-0.39, 0.29) is 17.7 Å². The summed E-state index contributed by atoms with van der Waals surface area (Å²) in [6, 6.07) is 9.43. The molecule has 2 heterocycles. The van der Waals surface area contributed by atoms with Crippen LogP contribution >= 0.6 is 11.3 Å². The van der Waals surface area contributed by atoms with Crippen LogP contribution in [0.1, 0.15) is 52.5 Å². The van der Waals surface area contributed by atoms with E-state index >= 15 is 0 Å². The van der Waals surface area contributed by atoms with Crippen LogP contribution in [0.4, 0.5) is 0 Å². The zero-order chi connectivity index (χ0) is 15.7. The molecule has 1 aromatic heterocycles. The highest BCUT2D eigenvalue weighted by Gasteiger charge is 2.34. The SMILES string of the molecule is CC(=O)c1ccccc1C(=O)N1C[C@H](c2ccsc2)C[C@H]1C. The summed E-state index contributed by atoms with van der Waals surface area (Å²) in [5, 5.41) is 4.24. The van der Waals surface area contributed by atoms with Gasteiger partial charge in [-0.05, 0) is 48.7 Å². The van der Waals surface area contributed by atoms with Crippen molar-refractivity contribution in [2.75, 3.05) is 6.54 Å². The molecule has 0 aliphatic carbocycles. The van der Waals surface area contributed by atoms with Gasteiger partial charge >= 0.3 is 0 Å². The van der Waals surface area contributed by atoms with Crippen molar-refractivity contribution < 1.29 is 9.59 Å². The highest BCUT2D eigenvalue weighted by atomic mass is 32.1. The van der Waals surface area contributed by atoms with E-state index in [0.29, 0.717) is 17.0 Å². The first-order valence-corrected chi connectivity index (χ1v) is 8.45. The predicted octanol–water partition coefficient (Wildman–Crippen LogP) is 3.97. The van der Waals surface area contributed by atoms with Gasteiger partial charge in [0.05, 0.1) is 5.56 Å². The maximum absolute atomic E-state index is 12.9. The van der Waals surface area contributed by atoms with Crippen LogP contribution < -0.4 is 0 Å². The van der Waals surface area contributed by atoms with Gasteiger partial charge < -0.3 is 4.90 Å². The molecule has 0 unspecified atom stereocenters. The lowest BCUT2D eigenvalue weighted by Crippen LogP contribution is -2.34. The highest BCUT2D eigenvalue weighted by molar-refractivity contribution is 7.08. The van der Waals surface area contributed by atoms with Crippen LogP contribution in [-0.4, -0.2) is 29.2 Å². The molecule has 2 atom stereocenters. The van der Waals surface area contributed by atoms with Crippen molar-refractivity contribution in [3.8, 4) is 0 Å².